The number of fused-ring (bicyclic) bond motifs is 1. The number of H-pyrrole nitrogens is 1. The lowest BCUT2D eigenvalue weighted by atomic mass is 10.1. The third-order valence-electron chi connectivity index (χ3n) is 4.08. The number of para-hydroxylation sites is 1. The lowest BCUT2D eigenvalue weighted by Crippen LogP contribution is -2.35. The highest BCUT2D eigenvalue weighted by Crippen LogP contribution is 2.17. The zero-order chi connectivity index (χ0) is 14.1. The summed E-state index contributed by atoms with van der Waals surface area (Å²) in [4.78, 5) is 29.6. The van der Waals surface area contributed by atoms with Crippen molar-refractivity contribution in [3.05, 3.63) is 46.2 Å². The molecule has 1 amide bonds. The zero-order valence-corrected chi connectivity index (χ0v) is 11.6. The van der Waals surface area contributed by atoms with E-state index in [1.54, 1.807) is 12.3 Å². The first-order valence-corrected chi connectivity index (χ1v) is 7.05. The maximum atomic E-state index is 12.4. The number of aromatic amines is 1. The number of likely N-dealkylation sites (tertiary alicyclic amines) is 1. The molecule has 1 fully saturated rings. The number of nitrogens with zero attached hydrogens (tertiary/aromatic N) is 1. The standard InChI is InChI=1S/C16H18N2O2/c1-11-5-4-8-18(11)15(19)9-12-10-17-14-7-3-2-6-13(14)16(12)20/h2-3,6-7,10-11H,4-5,8-9H2,1H3,(H,17,20). The van der Waals surface area contributed by atoms with Crippen LogP contribution in [0.4, 0.5) is 0 Å². The Morgan fingerprint density at radius 2 is 2.20 bits per heavy atom. The van der Waals surface area contributed by atoms with Gasteiger partial charge in [0.05, 0.1) is 6.42 Å². The molecule has 20 heavy (non-hydrogen) atoms. The van der Waals surface area contributed by atoms with Crippen LogP contribution in [0.5, 0.6) is 0 Å². The molecular weight excluding hydrogens is 252 g/mol. The summed E-state index contributed by atoms with van der Waals surface area (Å²) in [6.45, 7) is 2.88. The van der Waals surface area contributed by atoms with Crippen LogP contribution in [-0.2, 0) is 11.2 Å². The summed E-state index contributed by atoms with van der Waals surface area (Å²) in [5.41, 5.74) is 1.32. The van der Waals surface area contributed by atoms with Gasteiger partial charge in [0, 0.05) is 35.2 Å². The van der Waals surface area contributed by atoms with Crippen molar-refractivity contribution in [3.8, 4) is 0 Å². The van der Waals surface area contributed by atoms with Crippen LogP contribution in [0.25, 0.3) is 10.9 Å². The summed E-state index contributed by atoms with van der Waals surface area (Å²) in [6.07, 6.45) is 3.97. The molecule has 1 unspecified atom stereocenters. The molecule has 1 N–H and O–H groups in total. The lowest BCUT2D eigenvalue weighted by molar-refractivity contribution is -0.130. The molecule has 2 heterocycles. The third-order valence-corrected chi connectivity index (χ3v) is 4.08. The van der Waals surface area contributed by atoms with E-state index in [1.807, 2.05) is 23.1 Å². The van der Waals surface area contributed by atoms with Crippen molar-refractivity contribution >= 4 is 16.8 Å². The average molecular weight is 270 g/mol. The number of rotatable bonds is 2. The number of carbonyl (C=O) groups is 1. The summed E-state index contributed by atoms with van der Waals surface area (Å²) < 4.78 is 0. The molecule has 2 aromatic rings. The van der Waals surface area contributed by atoms with Gasteiger partial charge in [0.2, 0.25) is 5.91 Å². The predicted molar refractivity (Wildman–Crippen MR) is 78.7 cm³/mol. The summed E-state index contributed by atoms with van der Waals surface area (Å²) in [5, 5.41) is 0.646. The van der Waals surface area contributed by atoms with Gasteiger partial charge >= 0.3 is 0 Å². The molecule has 104 valence electrons. The van der Waals surface area contributed by atoms with E-state index in [0.717, 1.165) is 24.9 Å². The summed E-state index contributed by atoms with van der Waals surface area (Å²) >= 11 is 0. The van der Waals surface area contributed by atoms with Crippen LogP contribution in [0.3, 0.4) is 0 Å². The van der Waals surface area contributed by atoms with E-state index >= 15 is 0 Å². The van der Waals surface area contributed by atoms with E-state index in [-0.39, 0.29) is 17.8 Å². The number of aromatic nitrogens is 1. The minimum absolute atomic E-state index is 0.0421. The van der Waals surface area contributed by atoms with Gasteiger partial charge in [-0.2, -0.15) is 0 Å². The van der Waals surface area contributed by atoms with E-state index in [1.165, 1.54) is 0 Å². The van der Waals surface area contributed by atoms with E-state index in [4.69, 9.17) is 0 Å². The molecule has 1 aromatic carbocycles. The Balaban J connectivity index is 1.89. The third kappa shape index (κ3) is 2.22. The second-order valence-corrected chi connectivity index (χ2v) is 5.44. The highest BCUT2D eigenvalue weighted by Gasteiger charge is 2.25. The highest BCUT2D eigenvalue weighted by atomic mass is 16.2. The quantitative estimate of drug-likeness (QED) is 0.908. The Kier molecular flexibility index (Phi) is 3.30. The van der Waals surface area contributed by atoms with Gasteiger partial charge in [0.15, 0.2) is 5.43 Å². The van der Waals surface area contributed by atoms with Crippen molar-refractivity contribution in [3.63, 3.8) is 0 Å². The maximum Gasteiger partial charge on any atom is 0.227 e. The molecule has 0 spiro atoms. The predicted octanol–water partition coefficient (Wildman–Crippen LogP) is 2.08. The minimum Gasteiger partial charge on any atom is -0.361 e. The lowest BCUT2D eigenvalue weighted by Gasteiger charge is -2.21. The molecule has 4 heteroatoms. The fraction of sp³-hybridized carbons (Fsp3) is 0.375. The first-order chi connectivity index (χ1) is 9.66. The van der Waals surface area contributed by atoms with Gasteiger partial charge in [-0.1, -0.05) is 12.1 Å². The average Bonchev–Trinajstić information content (AvgIpc) is 2.88. The number of carbonyl (C=O) groups excluding carboxylic acids is 1. The summed E-state index contributed by atoms with van der Waals surface area (Å²) in [7, 11) is 0. The number of pyridine rings is 1. The van der Waals surface area contributed by atoms with Crippen molar-refractivity contribution < 1.29 is 4.79 Å². The molecule has 3 rings (SSSR count). The van der Waals surface area contributed by atoms with Crippen LogP contribution in [0.15, 0.2) is 35.3 Å². The monoisotopic (exact) mass is 270 g/mol. The second kappa shape index (κ2) is 5.12. The highest BCUT2D eigenvalue weighted by molar-refractivity contribution is 5.82. The fourth-order valence-electron chi connectivity index (χ4n) is 2.91. The first-order valence-electron chi connectivity index (χ1n) is 7.05. The normalized spacial score (nSPS) is 18.6. The van der Waals surface area contributed by atoms with Crippen molar-refractivity contribution in [2.75, 3.05) is 6.54 Å². The zero-order valence-electron chi connectivity index (χ0n) is 11.6. The van der Waals surface area contributed by atoms with Crippen LogP contribution < -0.4 is 5.43 Å². The van der Waals surface area contributed by atoms with Crippen LogP contribution in [0, 0.1) is 0 Å². The molecular formula is C16H18N2O2. The Hall–Kier alpha value is -2.10. The molecule has 0 aliphatic carbocycles. The van der Waals surface area contributed by atoms with Gasteiger partial charge in [-0.3, -0.25) is 9.59 Å². The largest absolute Gasteiger partial charge is 0.361 e. The molecule has 0 radical (unpaired) electrons. The second-order valence-electron chi connectivity index (χ2n) is 5.44. The van der Waals surface area contributed by atoms with Crippen LogP contribution in [0.1, 0.15) is 25.3 Å². The molecule has 1 atom stereocenters. The maximum absolute atomic E-state index is 12.4. The molecule has 1 aliphatic rings. The van der Waals surface area contributed by atoms with Crippen LogP contribution in [0.2, 0.25) is 0 Å². The van der Waals surface area contributed by atoms with Crippen LogP contribution >= 0.6 is 0 Å². The Bertz CT molecular complexity index is 705. The number of benzene rings is 1. The van der Waals surface area contributed by atoms with Crippen LogP contribution in [-0.4, -0.2) is 28.4 Å². The fourth-order valence-corrected chi connectivity index (χ4v) is 2.91. The minimum atomic E-state index is -0.0421. The van der Waals surface area contributed by atoms with Gasteiger partial charge < -0.3 is 9.88 Å². The number of hydrogen-bond donors (Lipinski definition) is 1. The van der Waals surface area contributed by atoms with Gasteiger partial charge in [0.1, 0.15) is 0 Å². The Labute approximate surface area is 117 Å². The first kappa shape index (κ1) is 12.9. The van der Waals surface area contributed by atoms with Gasteiger partial charge in [0.25, 0.3) is 0 Å². The van der Waals surface area contributed by atoms with Gasteiger partial charge in [-0.25, -0.2) is 0 Å². The van der Waals surface area contributed by atoms with E-state index in [9.17, 15) is 9.59 Å². The van der Waals surface area contributed by atoms with Crippen molar-refractivity contribution in [1.29, 1.82) is 0 Å². The van der Waals surface area contributed by atoms with E-state index in [2.05, 4.69) is 11.9 Å². The summed E-state index contributed by atoms with van der Waals surface area (Å²) in [5.74, 6) is 0.0516. The van der Waals surface area contributed by atoms with E-state index in [0.29, 0.717) is 17.0 Å². The van der Waals surface area contributed by atoms with Crippen molar-refractivity contribution in [1.82, 2.24) is 9.88 Å². The number of nitrogens with one attached hydrogen (secondary N) is 1. The van der Waals surface area contributed by atoms with Crippen molar-refractivity contribution in [2.24, 2.45) is 0 Å². The van der Waals surface area contributed by atoms with E-state index < -0.39 is 0 Å². The van der Waals surface area contributed by atoms with Gasteiger partial charge in [-0.05, 0) is 31.9 Å². The molecule has 1 aromatic heterocycles. The Morgan fingerprint density at radius 1 is 1.40 bits per heavy atom. The molecule has 0 saturated carbocycles. The number of hydrogen-bond acceptors (Lipinski definition) is 2. The molecule has 0 bridgehead atoms. The SMILES string of the molecule is CC1CCCN1C(=O)Cc1c[nH]c2ccccc2c1=O. The van der Waals surface area contributed by atoms with Gasteiger partial charge in [-0.15, -0.1) is 0 Å². The molecule has 1 saturated heterocycles. The Morgan fingerprint density at radius 3 is 2.95 bits per heavy atom. The summed E-state index contributed by atoms with van der Waals surface area (Å²) in [6, 6.07) is 7.67. The smallest absolute Gasteiger partial charge is 0.227 e. The molecule has 1 aliphatic heterocycles. The van der Waals surface area contributed by atoms with Crippen molar-refractivity contribution in [2.45, 2.75) is 32.2 Å². The topological polar surface area (TPSA) is 53.2 Å². The molecule has 4 nitrogen and oxygen atoms in total. The number of amides is 1.